The first kappa shape index (κ1) is 12.6. The summed E-state index contributed by atoms with van der Waals surface area (Å²) >= 11 is 0. The van der Waals surface area contributed by atoms with Gasteiger partial charge < -0.3 is 14.2 Å². The monoisotopic (exact) mass is 250 g/mol. The predicted octanol–water partition coefficient (Wildman–Crippen LogP) is 1.61. The Hall–Kier alpha value is -1.88. The summed E-state index contributed by atoms with van der Waals surface area (Å²) in [5.41, 5.74) is 0.863. The van der Waals surface area contributed by atoms with Crippen LogP contribution in [0.1, 0.15) is 25.0 Å². The maximum Gasteiger partial charge on any atom is 0.338 e. The second-order valence-electron chi connectivity index (χ2n) is 3.90. The van der Waals surface area contributed by atoms with Gasteiger partial charge >= 0.3 is 11.9 Å². The van der Waals surface area contributed by atoms with Gasteiger partial charge in [-0.25, -0.2) is 4.79 Å². The molecule has 1 aromatic rings. The molecule has 0 unspecified atom stereocenters. The van der Waals surface area contributed by atoms with E-state index < -0.39 is 6.10 Å². The van der Waals surface area contributed by atoms with Gasteiger partial charge in [-0.05, 0) is 17.7 Å². The molecule has 0 aromatic heterocycles. The van der Waals surface area contributed by atoms with Crippen molar-refractivity contribution >= 4 is 11.9 Å². The number of hydrogen-bond donors (Lipinski definition) is 0. The predicted molar refractivity (Wildman–Crippen MR) is 62.0 cm³/mol. The van der Waals surface area contributed by atoms with Crippen LogP contribution < -0.4 is 4.74 Å². The summed E-state index contributed by atoms with van der Waals surface area (Å²) in [7, 11) is 1.33. The molecule has 0 saturated carbocycles. The zero-order chi connectivity index (χ0) is 13.1. The quantitative estimate of drug-likeness (QED) is 0.461. The van der Waals surface area contributed by atoms with Crippen LogP contribution in [0.2, 0.25) is 0 Å². The summed E-state index contributed by atoms with van der Waals surface area (Å²) in [6.07, 6.45) is -0.440. The van der Waals surface area contributed by atoms with E-state index in [1.807, 2.05) is 0 Å². The summed E-state index contributed by atoms with van der Waals surface area (Å²) < 4.78 is 14.8. The van der Waals surface area contributed by atoms with E-state index in [1.165, 1.54) is 7.11 Å². The fourth-order valence-corrected chi connectivity index (χ4v) is 1.59. The maximum absolute atomic E-state index is 11.2. The number of hydrogen-bond acceptors (Lipinski definition) is 5. The molecule has 0 bridgehead atoms. The minimum Gasteiger partial charge on any atom is -0.467 e. The fourth-order valence-electron chi connectivity index (χ4n) is 1.59. The van der Waals surface area contributed by atoms with Crippen molar-refractivity contribution in [2.75, 3.05) is 7.11 Å². The van der Waals surface area contributed by atoms with E-state index >= 15 is 0 Å². The van der Waals surface area contributed by atoms with E-state index in [0.29, 0.717) is 12.2 Å². The smallest absolute Gasteiger partial charge is 0.338 e. The Morgan fingerprint density at radius 1 is 1.28 bits per heavy atom. The van der Waals surface area contributed by atoms with Crippen molar-refractivity contribution in [3.63, 3.8) is 0 Å². The van der Waals surface area contributed by atoms with E-state index in [2.05, 4.69) is 4.74 Å². The van der Waals surface area contributed by atoms with Crippen LogP contribution in [0, 0.1) is 0 Å². The largest absolute Gasteiger partial charge is 0.467 e. The van der Waals surface area contributed by atoms with Gasteiger partial charge in [0.1, 0.15) is 11.9 Å². The van der Waals surface area contributed by atoms with Crippen molar-refractivity contribution in [2.45, 2.75) is 25.6 Å². The minimum atomic E-state index is -0.515. The molecule has 96 valence electrons. The van der Waals surface area contributed by atoms with Crippen molar-refractivity contribution in [1.29, 1.82) is 0 Å². The van der Waals surface area contributed by atoms with Crippen LogP contribution in [0.25, 0.3) is 0 Å². The van der Waals surface area contributed by atoms with E-state index in [1.54, 1.807) is 31.2 Å². The first-order valence-electron chi connectivity index (χ1n) is 5.69. The molecule has 1 aliphatic heterocycles. The Morgan fingerprint density at radius 2 is 1.94 bits per heavy atom. The SMILES string of the molecule is CCC(=O)Oc1ccc([C@@H]2O[C@H]2C(=O)OC)cc1. The molecule has 2 atom stereocenters. The number of carbonyl (C=O) groups excluding carboxylic acids is 2. The van der Waals surface area contributed by atoms with Gasteiger partial charge in [-0.2, -0.15) is 0 Å². The Balaban J connectivity index is 1.97. The van der Waals surface area contributed by atoms with Crippen LogP contribution in [0.3, 0.4) is 0 Å². The average Bonchev–Trinajstić information content (AvgIpc) is 3.19. The van der Waals surface area contributed by atoms with Crippen LogP contribution in [-0.2, 0) is 19.1 Å². The summed E-state index contributed by atoms with van der Waals surface area (Å²) in [5, 5.41) is 0. The zero-order valence-corrected chi connectivity index (χ0v) is 10.2. The lowest BCUT2D eigenvalue weighted by molar-refractivity contribution is -0.142. The first-order valence-corrected chi connectivity index (χ1v) is 5.69. The molecule has 0 spiro atoms. The molecule has 0 aliphatic carbocycles. The molecule has 1 saturated heterocycles. The van der Waals surface area contributed by atoms with Gasteiger partial charge in [0.2, 0.25) is 0 Å². The molecular weight excluding hydrogens is 236 g/mol. The van der Waals surface area contributed by atoms with Crippen molar-refractivity contribution in [2.24, 2.45) is 0 Å². The standard InChI is InChI=1S/C13H14O5/c1-3-10(14)17-9-6-4-8(5-7-9)11-12(18-11)13(15)16-2/h4-7,11-12H,3H2,1-2H3/t11-,12+/m0/s1. The molecule has 1 heterocycles. The van der Waals surface area contributed by atoms with Gasteiger partial charge in [0.15, 0.2) is 6.10 Å². The van der Waals surface area contributed by atoms with Gasteiger partial charge in [-0.15, -0.1) is 0 Å². The second-order valence-corrected chi connectivity index (χ2v) is 3.90. The third-order valence-corrected chi connectivity index (χ3v) is 2.65. The molecule has 2 rings (SSSR count). The summed E-state index contributed by atoms with van der Waals surface area (Å²) in [6.45, 7) is 1.73. The lowest BCUT2D eigenvalue weighted by atomic mass is 10.1. The normalized spacial score (nSPS) is 21.2. The van der Waals surface area contributed by atoms with Crippen molar-refractivity contribution < 1.29 is 23.8 Å². The Bertz CT molecular complexity index is 451. The van der Waals surface area contributed by atoms with Gasteiger partial charge in [0.05, 0.1) is 7.11 Å². The molecule has 0 amide bonds. The lowest BCUT2D eigenvalue weighted by Crippen LogP contribution is -2.09. The van der Waals surface area contributed by atoms with Gasteiger partial charge in [-0.1, -0.05) is 19.1 Å². The number of rotatable bonds is 4. The maximum atomic E-state index is 11.2. The summed E-state index contributed by atoms with van der Waals surface area (Å²) in [4.78, 5) is 22.3. The average molecular weight is 250 g/mol. The fraction of sp³-hybridized carbons (Fsp3) is 0.385. The Labute approximate surface area is 105 Å². The van der Waals surface area contributed by atoms with Crippen LogP contribution >= 0.6 is 0 Å². The molecule has 5 heteroatoms. The number of ether oxygens (including phenoxy) is 3. The molecule has 5 nitrogen and oxygen atoms in total. The molecule has 1 aliphatic rings. The van der Waals surface area contributed by atoms with E-state index in [-0.39, 0.29) is 18.0 Å². The highest BCUT2D eigenvalue weighted by atomic mass is 16.6. The highest BCUT2D eigenvalue weighted by molar-refractivity contribution is 5.78. The molecule has 1 fully saturated rings. The number of esters is 2. The first-order chi connectivity index (χ1) is 8.65. The second kappa shape index (κ2) is 5.18. The summed E-state index contributed by atoms with van der Waals surface area (Å²) in [6, 6.07) is 6.90. The molecule has 18 heavy (non-hydrogen) atoms. The van der Waals surface area contributed by atoms with E-state index in [9.17, 15) is 9.59 Å². The van der Waals surface area contributed by atoms with Crippen LogP contribution in [0.5, 0.6) is 5.75 Å². The number of carbonyl (C=O) groups is 2. The van der Waals surface area contributed by atoms with Gasteiger partial charge in [-0.3, -0.25) is 4.79 Å². The molecular formula is C13H14O5. The zero-order valence-electron chi connectivity index (χ0n) is 10.2. The lowest BCUT2D eigenvalue weighted by Gasteiger charge is -2.03. The molecule has 0 radical (unpaired) electrons. The Kier molecular flexibility index (Phi) is 3.62. The number of methoxy groups -OCH3 is 1. The van der Waals surface area contributed by atoms with Gasteiger partial charge in [0.25, 0.3) is 0 Å². The third-order valence-electron chi connectivity index (χ3n) is 2.65. The molecule has 1 aromatic carbocycles. The Morgan fingerprint density at radius 3 is 2.50 bits per heavy atom. The summed E-state index contributed by atoms with van der Waals surface area (Å²) in [5.74, 6) is -0.166. The highest BCUT2D eigenvalue weighted by Crippen LogP contribution is 2.39. The van der Waals surface area contributed by atoms with Crippen LogP contribution in [-0.4, -0.2) is 25.2 Å². The van der Waals surface area contributed by atoms with Crippen LogP contribution in [0.4, 0.5) is 0 Å². The van der Waals surface area contributed by atoms with Crippen molar-refractivity contribution in [3.8, 4) is 5.75 Å². The minimum absolute atomic E-state index is 0.256. The molecule has 0 N–H and O–H groups in total. The van der Waals surface area contributed by atoms with Crippen LogP contribution in [0.15, 0.2) is 24.3 Å². The van der Waals surface area contributed by atoms with Crippen molar-refractivity contribution in [3.05, 3.63) is 29.8 Å². The number of benzene rings is 1. The van der Waals surface area contributed by atoms with Gasteiger partial charge in [0, 0.05) is 6.42 Å². The van der Waals surface area contributed by atoms with E-state index in [4.69, 9.17) is 9.47 Å². The number of epoxide rings is 1. The topological polar surface area (TPSA) is 65.1 Å². The highest BCUT2D eigenvalue weighted by Gasteiger charge is 2.47. The third kappa shape index (κ3) is 2.68. The van der Waals surface area contributed by atoms with E-state index in [0.717, 1.165) is 5.56 Å². The van der Waals surface area contributed by atoms with Crippen molar-refractivity contribution in [1.82, 2.24) is 0 Å².